The number of hydrogen-bond donors (Lipinski definition) is 0. The Hall–Kier alpha value is 0.0449. The molecular formula is C13H15BClIN2O2S. The van der Waals surface area contributed by atoms with E-state index in [1.54, 1.807) is 15.3 Å². The highest BCUT2D eigenvalue weighted by atomic mass is 127. The summed E-state index contributed by atoms with van der Waals surface area (Å²) in [5.41, 5.74) is 1.09. The predicted molar refractivity (Wildman–Crippen MR) is 97.5 cm³/mol. The van der Waals surface area contributed by atoms with Gasteiger partial charge in [-0.25, -0.2) is 4.98 Å². The summed E-state index contributed by atoms with van der Waals surface area (Å²) >= 11 is 8.33. The molecule has 2 aromatic rings. The molecule has 0 spiro atoms. The molecule has 0 saturated carbocycles. The highest BCUT2D eigenvalue weighted by Gasteiger charge is 2.52. The van der Waals surface area contributed by atoms with E-state index in [-0.39, 0.29) is 11.2 Å². The van der Waals surface area contributed by atoms with Crippen molar-refractivity contribution in [3.63, 3.8) is 0 Å². The van der Waals surface area contributed by atoms with Crippen LogP contribution in [-0.4, -0.2) is 27.3 Å². The second kappa shape index (κ2) is 5.30. The quantitative estimate of drug-likeness (QED) is 0.530. The van der Waals surface area contributed by atoms with Crippen LogP contribution in [0.15, 0.2) is 18.5 Å². The number of fused-ring (bicyclic) bond motifs is 1. The standard InChI is InChI=1S/C13H15BClIN2O2S/c1-12(2)13(3,4)20-14(19-12)10-7-18(21-16)11-9(10)5-8(15)6-17-11/h5-7H,1-4H3. The van der Waals surface area contributed by atoms with Crippen LogP contribution in [0.25, 0.3) is 11.0 Å². The van der Waals surface area contributed by atoms with E-state index in [1.165, 1.54) is 0 Å². The van der Waals surface area contributed by atoms with Crippen LogP contribution < -0.4 is 5.46 Å². The van der Waals surface area contributed by atoms with Crippen molar-refractivity contribution in [3.05, 3.63) is 23.5 Å². The molecule has 0 radical (unpaired) electrons. The summed E-state index contributed by atoms with van der Waals surface area (Å²) in [5, 5.41) is 1.57. The van der Waals surface area contributed by atoms with Gasteiger partial charge in [-0.3, -0.25) is 3.97 Å². The molecule has 0 bridgehead atoms. The minimum Gasteiger partial charge on any atom is -0.399 e. The molecular weight excluding hydrogens is 421 g/mol. The average molecular weight is 437 g/mol. The van der Waals surface area contributed by atoms with Gasteiger partial charge in [-0.05, 0) is 33.8 Å². The molecule has 1 aliphatic heterocycles. The van der Waals surface area contributed by atoms with E-state index in [9.17, 15) is 0 Å². The van der Waals surface area contributed by atoms with E-state index in [2.05, 4.69) is 26.2 Å². The van der Waals surface area contributed by atoms with E-state index >= 15 is 0 Å². The molecule has 0 atom stereocenters. The molecule has 0 N–H and O–H groups in total. The summed E-state index contributed by atoms with van der Waals surface area (Å²) in [6.45, 7) is 8.18. The van der Waals surface area contributed by atoms with Crippen molar-refractivity contribution in [3.8, 4) is 0 Å². The lowest BCUT2D eigenvalue weighted by atomic mass is 9.79. The fourth-order valence-electron chi connectivity index (χ4n) is 2.29. The molecule has 0 aromatic carbocycles. The normalized spacial score (nSPS) is 20.4. The first kappa shape index (κ1) is 15.9. The lowest BCUT2D eigenvalue weighted by Crippen LogP contribution is -2.41. The Morgan fingerprint density at radius 1 is 1.29 bits per heavy atom. The molecule has 21 heavy (non-hydrogen) atoms. The zero-order valence-electron chi connectivity index (χ0n) is 12.2. The molecule has 0 aliphatic carbocycles. The monoisotopic (exact) mass is 436 g/mol. The Labute approximate surface area is 145 Å². The van der Waals surface area contributed by atoms with E-state index < -0.39 is 7.12 Å². The minimum absolute atomic E-state index is 0.366. The number of aromatic nitrogens is 2. The van der Waals surface area contributed by atoms with Gasteiger partial charge in [-0.15, -0.1) is 0 Å². The first-order valence-corrected chi connectivity index (χ1v) is 10.3. The van der Waals surface area contributed by atoms with Crippen molar-refractivity contribution in [2.24, 2.45) is 0 Å². The summed E-state index contributed by atoms with van der Waals surface area (Å²) in [5.74, 6) is 0. The van der Waals surface area contributed by atoms with Gasteiger partial charge < -0.3 is 9.31 Å². The van der Waals surface area contributed by atoms with Gasteiger partial charge in [0.1, 0.15) is 5.65 Å². The van der Waals surface area contributed by atoms with E-state index in [1.807, 2.05) is 43.9 Å². The van der Waals surface area contributed by atoms with Crippen molar-refractivity contribution in [1.82, 2.24) is 8.96 Å². The van der Waals surface area contributed by atoms with Gasteiger partial charge in [0.25, 0.3) is 0 Å². The zero-order chi connectivity index (χ0) is 15.4. The van der Waals surface area contributed by atoms with Gasteiger partial charge in [0.15, 0.2) is 0 Å². The smallest absolute Gasteiger partial charge is 0.399 e. The summed E-state index contributed by atoms with van der Waals surface area (Å²) in [6.07, 6.45) is 3.66. The van der Waals surface area contributed by atoms with Gasteiger partial charge >= 0.3 is 7.12 Å². The highest BCUT2D eigenvalue weighted by molar-refractivity contribution is 14.2. The molecule has 3 heterocycles. The molecule has 1 fully saturated rings. The Morgan fingerprint density at radius 3 is 2.48 bits per heavy atom. The molecule has 0 unspecified atom stereocenters. The third-order valence-electron chi connectivity index (χ3n) is 4.19. The first-order valence-electron chi connectivity index (χ1n) is 6.56. The number of hydrogen-bond acceptors (Lipinski definition) is 4. The molecule has 4 nitrogen and oxygen atoms in total. The van der Waals surface area contributed by atoms with Crippen LogP contribution in [-0.2, 0) is 9.31 Å². The molecule has 8 heteroatoms. The first-order chi connectivity index (χ1) is 9.75. The summed E-state index contributed by atoms with van der Waals surface area (Å²) in [6, 6.07) is 1.91. The SMILES string of the molecule is CC1(C)OB(c2cn(SI)c3ncc(Cl)cc23)OC1(C)C. The maximum Gasteiger partial charge on any atom is 0.497 e. The van der Waals surface area contributed by atoms with E-state index in [4.69, 9.17) is 20.9 Å². The van der Waals surface area contributed by atoms with Crippen molar-refractivity contribution >= 4 is 65.5 Å². The molecule has 1 saturated heterocycles. The topological polar surface area (TPSA) is 36.3 Å². The van der Waals surface area contributed by atoms with Crippen molar-refractivity contribution in [2.45, 2.75) is 38.9 Å². The molecule has 2 aromatic heterocycles. The number of halogens is 2. The van der Waals surface area contributed by atoms with Crippen LogP contribution in [0.3, 0.4) is 0 Å². The Morgan fingerprint density at radius 2 is 1.90 bits per heavy atom. The molecule has 0 amide bonds. The summed E-state index contributed by atoms with van der Waals surface area (Å²) in [7, 11) is 1.14. The van der Waals surface area contributed by atoms with Gasteiger partial charge in [-0.1, -0.05) is 11.6 Å². The van der Waals surface area contributed by atoms with Crippen LogP contribution in [0.5, 0.6) is 0 Å². The average Bonchev–Trinajstić information content (AvgIpc) is 2.84. The minimum atomic E-state index is -0.414. The van der Waals surface area contributed by atoms with Crippen LogP contribution in [0.2, 0.25) is 5.02 Å². The fraction of sp³-hybridized carbons (Fsp3) is 0.462. The Kier molecular flexibility index (Phi) is 4.02. The number of nitrogens with zero attached hydrogens (tertiary/aromatic N) is 2. The van der Waals surface area contributed by atoms with Crippen LogP contribution >= 0.6 is 41.9 Å². The Bertz CT molecular complexity index is 691. The van der Waals surface area contributed by atoms with Crippen molar-refractivity contribution in [1.29, 1.82) is 0 Å². The Balaban J connectivity index is 2.12. The molecule has 1 aliphatic rings. The summed E-state index contributed by atoms with van der Waals surface area (Å²) < 4.78 is 14.3. The van der Waals surface area contributed by atoms with Crippen LogP contribution in [0.4, 0.5) is 0 Å². The third kappa shape index (κ3) is 2.61. The van der Waals surface area contributed by atoms with Gasteiger partial charge in [-0.2, -0.15) is 0 Å². The zero-order valence-corrected chi connectivity index (χ0v) is 15.9. The second-order valence-electron chi connectivity index (χ2n) is 6.09. The molecule has 3 rings (SSSR count). The lowest BCUT2D eigenvalue weighted by Gasteiger charge is -2.32. The number of pyridine rings is 1. The second-order valence-corrected chi connectivity index (χ2v) is 8.24. The van der Waals surface area contributed by atoms with Gasteiger partial charge in [0, 0.05) is 53.6 Å². The maximum absolute atomic E-state index is 6.14. The van der Waals surface area contributed by atoms with Gasteiger partial charge in [0.2, 0.25) is 0 Å². The predicted octanol–water partition coefficient (Wildman–Crippen LogP) is 3.84. The van der Waals surface area contributed by atoms with Crippen LogP contribution in [0.1, 0.15) is 27.7 Å². The van der Waals surface area contributed by atoms with Gasteiger partial charge in [0.05, 0.1) is 16.2 Å². The maximum atomic E-state index is 6.14. The number of rotatable bonds is 2. The lowest BCUT2D eigenvalue weighted by molar-refractivity contribution is 0.00578. The van der Waals surface area contributed by atoms with Crippen molar-refractivity contribution in [2.75, 3.05) is 0 Å². The highest BCUT2D eigenvalue weighted by Crippen LogP contribution is 2.37. The summed E-state index contributed by atoms with van der Waals surface area (Å²) in [4.78, 5) is 4.41. The van der Waals surface area contributed by atoms with E-state index in [0.717, 1.165) is 16.5 Å². The third-order valence-corrected chi connectivity index (χ3v) is 6.10. The fourth-order valence-corrected chi connectivity index (χ4v) is 3.71. The van der Waals surface area contributed by atoms with Crippen LogP contribution in [0, 0.1) is 0 Å². The van der Waals surface area contributed by atoms with E-state index in [0.29, 0.717) is 5.02 Å². The molecule has 112 valence electrons. The largest absolute Gasteiger partial charge is 0.497 e. The van der Waals surface area contributed by atoms with Crippen molar-refractivity contribution < 1.29 is 9.31 Å².